The summed E-state index contributed by atoms with van der Waals surface area (Å²) in [6, 6.07) is 7.40. The lowest BCUT2D eigenvalue weighted by molar-refractivity contribution is 0.0696. The van der Waals surface area contributed by atoms with E-state index in [1.54, 1.807) is 19.2 Å². The van der Waals surface area contributed by atoms with Crippen molar-refractivity contribution in [1.29, 1.82) is 0 Å². The molecule has 0 atom stereocenters. The Balaban J connectivity index is 1.98. The van der Waals surface area contributed by atoms with Gasteiger partial charge in [0, 0.05) is 24.8 Å². The van der Waals surface area contributed by atoms with Crippen LogP contribution in [-0.2, 0) is 4.74 Å². The molecule has 1 aromatic rings. The molecular formula is C13H17NO3. The molecule has 0 saturated carbocycles. The van der Waals surface area contributed by atoms with Gasteiger partial charge in [0.05, 0.1) is 7.11 Å². The van der Waals surface area contributed by atoms with Gasteiger partial charge in [-0.3, -0.25) is 4.79 Å². The van der Waals surface area contributed by atoms with Crippen molar-refractivity contribution >= 4 is 5.91 Å². The van der Waals surface area contributed by atoms with Crippen molar-refractivity contribution in [3.05, 3.63) is 29.8 Å². The molecule has 1 aliphatic rings. The zero-order valence-corrected chi connectivity index (χ0v) is 9.94. The first-order valence-electron chi connectivity index (χ1n) is 5.82. The van der Waals surface area contributed by atoms with Gasteiger partial charge in [-0.15, -0.1) is 0 Å². The average Bonchev–Trinajstić information content (AvgIpc) is 2.40. The van der Waals surface area contributed by atoms with Crippen molar-refractivity contribution in [3.8, 4) is 5.75 Å². The third-order valence-corrected chi connectivity index (χ3v) is 2.89. The molecule has 0 bridgehead atoms. The van der Waals surface area contributed by atoms with Crippen molar-refractivity contribution in [1.82, 2.24) is 5.32 Å². The van der Waals surface area contributed by atoms with E-state index >= 15 is 0 Å². The van der Waals surface area contributed by atoms with E-state index in [1.807, 2.05) is 12.1 Å². The number of ether oxygens (including phenoxy) is 2. The van der Waals surface area contributed by atoms with Crippen LogP contribution in [0.2, 0.25) is 0 Å². The van der Waals surface area contributed by atoms with E-state index in [9.17, 15) is 4.79 Å². The molecule has 1 aromatic carbocycles. The molecule has 1 N–H and O–H groups in total. The van der Waals surface area contributed by atoms with Gasteiger partial charge in [-0.25, -0.2) is 0 Å². The number of carbonyl (C=O) groups is 1. The molecule has 0 radical (unpaired) electrons. The molecule has 0 unspecified atom stereocenters. The van der Waals surface area contributed by atoms with Crippen molar-refractivity contribution in [2.75, 3.05) is 20.3 Å². The van der Waals surface area contributed by atoms with Crippen LogP contribution in [0.5, 0.6) is 5.75 Å². The highest BCUT2D eigenvalue weighted by Crippen LogP contribution is 2.13. The van der Waals surface area contributed by atoms with Gasteiger partial charge >= 0.3 is 0 Å². The van der Waals surface area contributed by atoms with E-state index in [4.69, 9.17) is 9.47 Å². The molecule has 1 fully saturated rings. The minimum atomic E-state index is -0.0456. The minimum Gasteiger partial charge on any atom is -0.497 e. The highest BCUT2D eigenvalue weighted by atomic mass is 16.5. The first-order valence-corrected chi connectivity index (χ1v) is 5.82. The van der Waals surface area contributed by atoms with Crippen molar-refractivity contribution < 1.29 is 14.3 Å². The maximum atomic E-state index is 12.0. The molecule has 0 aromatic heterocycles. The lowest BCUT2D eigenvalue weighted by Gasteiger charge is -2.23. The average molecular weight is 235 g/mol. The zero-order chi connectivity index (χ0) is 12.1. The van der Waals surface area contributed by atoms with E-state index in [0.29, 0.717) is 11.3 Å². The number of amides is 1. The highest BCUT2D eigenvalue weighted by molar-refractivity contribution is 5.94. The van der Waals surface area contributed by atoms with Crippen LogP contribution < -0.4 is 10.1 Å². The van der Waals surface area contributed by atoms with E-state index in [2.05, 4.69) is 5.32 Å². The molecule has 4 nitrogen and oxygen atoms in total. The second-order valence-corrected chi connectivity index (χ2v) is 4.09. The summed E-state index contributed by atoms with van der Waals surface area (Å²) in [6.07, 6.45) is 1.77. The van der Waals surface area contributed by atoms with Crippen molar-refractivity contribution in [3.63, 3.8) is 0 Å². The van der Waals surface area contributed by atoms with Crippen molar-refractivity contribution in [2.45, 2.75) is 18.9 Å². The van der Waals surface area contributed by atoms with E-state index in [1.165, 1.54) is 0 Å². The molecule has 17 heavy (non-hydrogen) atoms. The van der Waals surface area contributed by atoms with Crippen LogP contribution in [0, 0.1) is 0 Å². The van der Waals surface area contributed by atoms with Crippen molar-refractivity contribution in [2.24, 2.45) is 0 Å². The van der Waals surface area contributed by atoms with Crippen LogP contribution in [0.25, 0.3) is 0 Å². The number of hydrogen-bond acceptors (Lipinski definition) is 3. The second kappa shape index (κ2) is 5.68. The Morgan fingerprint density at radius 1 is 1.41 bits per heavy atom. The van der Waals surface area contributed by atoms with E-state index < -0.39 is 0 Å². The summed E-state index contributed by atoms with van der Waals surface area (Å²) >= 11 is 0. The summed E-state index contributed by atoms with van der Waals surface area (Å²) in [5.41, 5.74) is 0.635. The first-order chi connectivity index (χ1) is 8.29. The van der Waals surface area contributed by atoms with Gasteiger partial charge in [0.25, 0.3) is 5.91 Å². The fourth-order valence-corrected chi connectivity index (χ4v) is 1.87. The largest absolute Gasteiger partial charge is 0.497 e. The fourth-order valence-electron chi connectivity index (χ4n) is 1.87. The van der Waals surface area contributed by atoms with Gasteiger partial charge in [-0.05, 0) is 31.0 Å². The quantitative estimate of drug-likeness (QED) is 0.865. The third-order valence-electron chi connectivity index (χ3n) is 2.89. The monoisotopic (exact) mass is 235 g/mol. The van der Waals surface area contributed by atoms with Gasteiger partial charge in [0.2, 0.25) is 0 Å². The van der Waals surface area contributed by atoms with Crippen LogP contribution in [0.15, 0.2) is 24.3 Å². The predicted octanol–water partition coefficient (Wildman–Crippen LogP) is 1.60. The highest BCUT2D eigenvalue weighted by Gasteiger charge is 2.17. The summed E-state index contributed by atoms with van der Waals surface area (Å²) < 4.78 is 10.3. The molecule has 1 aliphatic heterocycles. The van der Waals surface area contributed by atoms with Crippen LogP contribution in [0.3, 0.4) is 0 Å². The molecule has 0 spiro atoms. The van der Waals surface area contributed by atoms with Gasteiger partial charge in [0.15, 0.2) is 0 Å². The molecule has 1 amide bonds. The summed E-state index contributed by atoms with van der Waals surface area (Å²) in [7, 11) is 1.59. The normalized spacial score (nSPS) is 16.5. The van der Waals surface area contributed by atoms with E-state index in [0.717, 1.165) is 26.1 Å². The Labute approximate surface area is 101 Å². The number of rotatable bonds is 3. The molecule has 1 heterocycles. The molecule has 1 saturated heterocycles. The maximum Gasteiger partial charge on any atom is 0.251 e. The van der Waals surface area contributed by atoms with Crippen LogP contribution in [-0.4, -0.2) is 32.3 Å². The fraction of sp³-hybridized carbons (Fsp3) is 0.462. The summed E-state index contributed by atoms with van der Waals surface area (Å²) in [5, 5.41) is 3.01. The van der Waals surface area contributed by atoms with E-state index in [-0.39, 0.29) is 11.9 Å². The Morgan fingerprint density at radius 3 is 2.88 bits per heavy atom. The lowest BCUT2D eigenvalue weighted by atomic mass is 10.1. The van der Waals surface area contributed by atoms with Gasteiger partial charge < -0.3 is 14.8 Å². The number of methoxy groups -OCH3 is 1. The third kappa shape index (κ3) is 3.20. The smallest absolute Gasteiger partial charge is 0.251 e. The summed E-state index contributed by atoms with van der Waals surface area (Å²) in [4.78, 5) is 12.0. The zero-order valence-electron chi connectivity index (χ0n) is 9.94. The number of benzene rings is 1. The Bertz CT molecular complexity index is 386. The molecular weight excluding hydrogens is 218 g/mol. The second-order valence-electron chi connectivity index (χ2n) is 4.09. The van der Waals surface area contributed by atoms with Crippen LogP contribution in [0.1, 0.15) is 23.2 Å². The standard InChI is InChI=1S/C13H17NO3/c1-16-12-4-2-3-10(9-12)13(15)14-11-5-7-17-8-6-11/h2-4,9,11H,5-8H2,1H3,(H,14,15). The lowest BCUT2D eigenvalue weighted by Crippen LogP contribution is -2.38. The summed E-state index contributed by atoms with van der Waals surface area (Å²) in [6.45, 7) is 1.45. The molecule has 4 heteroatoms. The topological polar surface area (TPSA) is 47.6 Å². The molecule has 0 aliphatic carbocycles. The Hall–Kier alpha value is -1.55. The number of nitrogens with one attached hydrogen (secondary N) is 1. The van der Waals surface area contributed by atoms with Gasteiger partial charge in [-0.1, -0.05) is 6.07 Å². The van der Waals surface area contributed by atoms with Crippen LogP contribution >= 0.6 is 0 Å². The first kappa shape index (κ1) is 11.9. The number of carbonyl (C=O) groups excluding carboxylic acids is 1. The minimum absolute atomic E-state index is 0.0456. The predicted molar refractivity (Wildman–Crippen MR) is 64.3 cm³/mol. The Morgan fingerprint density at radius 2 is 2.18 bits per heavy atom. The maximum absolute atomic E-state index is 12.0. The number of hydrogen-bond donors (Lipinski definition) is 1. The summed E-state index contributed by atoms with van der Waals surface area (Å²) in [5.74, 6) is 0.653. The van der Waals surface area contributed by atoms with Gasteiger partial charge in [-0.2, -0.15) is 0 Å². The molecule has 92 valence electrons. The SMILES string of the molecule is COc1cccc(C(=O)NC2CCOCC2)c1. The molecule has 2 rings (SSSR count). The van der Waals surface area contributed by atoms with Crippen LogP contribution in [0.4, 0.5) is 0 Å². The Kier molecular flexibility index (Phi) is 3.98. The van der Waals surface area contributed by atoms with Gasteiger partial charge in [0.1, 0.15) is 5.75 Å².